The number of nitrogens with one attached hydrogen (secondary N) is 1. The summed E-state index contributed by atoms with van der Waals surface area (Å²) < 4.78 is 0.544. The minimum atomic E-state index is -1.08. The standard InChI is InChI=1S/C14H19BrN2O3/c1-4-6-9(2)17(3)14(20)16-12-10(13(18)19)7-5-8-11(12)15/h5,7-9H,4,6H2,1-3H3,(H,16,20)(H,18,19). The van der Waals surface area contributed by atoms with Crippen molar-refractivity contribution in [1.82, 2.24) is 4.90 Å². The first kappa shape index (κ1) is 16.5. The van der Waals surface area contributed by atoms with Gasteiger partial charge in [0.15, 0.2) is 0 Å². The SMILES string of the molecule is CCCC(C)N(C)C(=O)Nc1c(Br)cccc1C(=O)O. The third kappa shape index (κ3) is 3.96. The molecule has 6 heteroatoms. The van der Waals surface area contributed by atoms with E-state index in [1.165, 1.54) is 6.07 Å². The van der Waals surface area contributed by atoms with Gasteiger partial charge in [0.05, 0.1) is 11.3 Å². The minimum Gasteiger partial charge on any atom is -0.478 e. The molecule has 110 valence electrons. The molecule has 0 spiro atoms. The van der Waals surface area contributed by atoms with E-state index in [1.54, 1.807) is 24.1 Å². The second kappa shape index (κ2) is 7.28. The number of aromatic carboxylic acids is 1. The molecule has 1 aromatic rings. The van der Waals surface area contributed by atoms with Gasteiger partial charge in [-0.1, -0.05) is 19.4 Å². The predicted octanol–water partition coefficient (Wildman–Crippen LogP) is 3.80. The minimum absolute atomic E-state index is 0.0595. The molecular weight excluding hydrogens is 324 g/mol. The van der Waals surface area contributed by atoms with Gasteiger partial charge in [-0.25, -0.2) is 9.59 Å². The summed E-state index contributed by atoms with van der Waals surface area (Å²) in [5.74, 6) is -1.08. The van der Waals surface area contributed by atoms with Gasteiger partial charge >= 0.3 is 12.0 Å². The molecule has 0 aliphatic heterocycles. The first-order chi connectivity index (χ1) is 9.38. The van der Waals surface area contributed by atoms with Crippen LogP contribution < -0.4 is 5.32 Å². The molecule has 0 bridgehead atoms. The molecule has 5 nitrogen and oxygen atoms in total. The summed E-state index contributed by atoms with van der Waals surface area (Å²) in [6.45, 7) is 4.01. The number of urea groups is 1. The number of rotatable bonds is 5. The van der Waals surface area contributed by atoms with E-state index in [0.29, 0.717) is 4.47 Å². The maximum atomic E-state index is 12.2. The number of anilines is 1. The average molecular weight is 343 g/mol. The van der Waals surface area contributed by atoms with Crippen LogP contribution in [0.4, 0.5) is 10.5 Å². The van der Waals surface area contributed by atoms with Crippen LogP contribution in [-0.4, -0.2) is 35.1 Å². The lowest BCUT2D eigenvalue weighted by molar-refractivity contribution is 0.0698. The zero-order valence-electron chi connectivity index (χ0n) is 11.8. The van der Waals surface area contributed by atoms with E-state index in [0.717, 1.165) is 12.8 Å². The number of halogens is 1. The molecule has 1 unspecified atom stereocenters. The Kier molecular flexibility index (Phi) is 6.01. The van der Waals surface area contributed by atoms with E-state index in [9.17, 15) is 9.59 Å². The van der Waals surface area contributed by atoms with Gasteiger partial charge in [-0.15, -0.1) is 0 Å². The highest BCUT2D eigenvalue weighted by Gasteiger charge is 2.19. The largest absolute Gasteiger partial charge is 0.478 e. The average Bonchev–Trinajstić information content (AvgIpc) is 2.39. The fourth-order valence-corrected chi connectivity index (χ4v) is 2.30. The molecule has 2 amide bonds. The summed E-state index contributed by atoms with van der Waals surface area (Å²) in [4.78, 5) is 24.9. The van der Waals surface area contributed by atoms with Crippen LogP contribution in [0.3, 0.4) is 0 Å². The van der Waals surface area contributed by atoms with Crippen LogP contribution in [-0.2, 0) is 0 Å². The summed E-state index contributed by atoms with van der Waals surface area (Å²) in [6, 6.07) is 4.54. The Morgan fingerprint density at radius 1 is 1.45 bits per heavy atom. The Morgan fingerprint density at radius 3 is 2.65 bits per heavy atom. The molecule has 0 aliphatic rings. The maximum Gasteiger partial charge on any atom is 0.337 e. The van der Waals surface area contributed by atoms with Crippen molar-refractivity contribution in [2.24, 2.45) is 0 Å². The molecule has 0 saturated carbocycles. The van der Waals surface area contributed by atoms with Crippen LogP contribution in [0.5, 0.6) is 0 Å². The molecule has 20 heavy (non-hydrogen) atoms. The third-order valence-corrected chi connectivity index (χ3v) is 3.82. The van der Waals surface area contributed by atoms with Gasteiger partial charge in [-0.05, 0) is 41.4 Å². The lowest BCUT2D eigenvalue weighted by atomic mass is 10.1. The molecule has 0 fully saturated rings. The summed E-state index contributed by atoms with van der Waals surface area (Å²) in [5, 5.41) is 11.8. The number of carboxylic acid groups (broad SMARTS) is 1. The number of carbonyl (C=O) groups excluding carboxylic acids is 1. The lowest BCUT2D eigenvalue weighted by Crippen LogP contribution is -2.38. The number of hydrogen-bond acceptors (Lipinski definition) is 2. The van der Waals surface area contributed by atoms with Gasteiger partial charge in [0.25, 0.3) is 0 Å². The van der Waals surface area contributed by atoms with Gasteiger partial charge in [-0.2, -0.15) is 0 Å². The lowest BCUT2D eigenvalue weighted by Gasteiger charge is -2.25. The van der Waals surface area contributed by atoms with E-state index in [2.05, 4.69) is 28.2 Å². The van der Waals surface area contributed by atoms with Gasteiger partial charge < -0.3 is 15.3 Å². The predicted molar refractivity (Wildman–Crippen MR) is 82.3 cm³/mol. The Balaban J connectivity index is 2.93. The molecule has 0 radical (unpaired) electrons. The third-order valence-electron chi connectivity index (χ3n) is 3.16. The molecule has 0 aliphatic carbocycles. The van der Waals surface area contributed by atoms with Gasteiger partial charge in [0.1, 0.15) is 0 Å². The van der Waals surface area contributed by atoms with E-state index < -0.39 is 5.97 Å². The zero-order valence-corrected chi connectivity index (χ0v) is 13.4. The number of nitrogens with zero attached hydrogens (tertiary/aromatic N) is 1. The second-order valence-electron chi connectivity index (χ2n) is 4.65. The Bertz CT molecular complexity index is 505. The van der Waals surface area contributed by atoms with Gasteiger partial charge in [-0.3, -0.25) is 0 Å². The molecule has 1 rings (SSSR count). The highest BCUT2D eigenvalue weighted by Crippen LogP contribution is 2.27. The number of hydrogen-bond donors (Lipinski definition) is 2. The van der Waals surface area contributed by atoms with E-state index in [1.807, 2.05) is 6.92 Å². The van der Waals surface area contributed by atoms with Crippen LogP contribution in [0, 0.1) is 0 Å². The number of carboxylic acids is 1. The van der Waals surface area contributed by atoms with Crippen molar-refractivity contribution >= 4 is 33.6 Å². The van der Waals surface area contributed by atoms with Crippen LogP contribution in [0.2, 0.25) is 0 Å². The maximum absolute atomic E-state index is 12.2. The first-order valence-corrected chi connectivity index (χ1v) is 7.23. The Morgan fingerprint density at radius 2 is 2.10 bits per heavy atom. The van der Waals surface area contributed by atoms with Crippen LogP contribution in [0.15, 0.2) is 22.7 Å². The number of para-hydroxylation sites is 1. The second-order valence-corrected chi connectivity index (χ2v) is 5.50. The molecule has 0 saturated heterocycles. The molecule has 0 aromatic heterocycles. The summed E-state index contributed by atoms with van der Waals surface area (Å²) in [5.41, 5.74) is 0.338. The highest BCUT2D eigenvalue weighted by molar-refractivity contribution is 9.10. The van der Waals surface area contributed by atoms with Crippen molar-refractivity contribution in [2.75, 3.05) is 12.4 Å². The fraction of sp³-hybridized carbons (Fsp3) is 0.429. The van der Waals surface area contributed by atoms with Crippen molar-refractivity contribution < 1.29 is 14.7 Å². The summed E-state index contributed by atoms with van der Waals surface area (Å²) >= 11 is 3.26. The smallest absolute Gasteiger partial charge is 0.337 e. The van der Waals surface area contributed by atoms with Crippen LogP contribution in [0.25, 0.3) is 0 Å². The number of amides is 2. The fourth-order valence-electron chi connectivity index (χ4n) is 1.84. The van der Waals surface area contributed by atoms with Crippen LogP contribution in [0.1, 0.15) is 37.0 Å². The monoisotopic (exact) mass is 342 g/mol. The molecule has 1 aromatic carbocycles. The van der Waals surface area contributed by atoms with Crippen molar-refractivity contribution in [1.29, 1.82) is 0 Å². The van der Waals surface area contributed by atoms with Crippen molar-refractivity contribution in [3.05, 3.63) is 28.2 Å². The number of carbonyl (C=O) groups is 2. The van der Waals surface area contributed by atoms with Gasteiger partial charge in [0.2, 0.25) is 0 Å². The molecule has 1 atom stereocenters. The molecule has 0 heterocycles. The van der Waals surface area contributed by atoms with E-state index in [-0.39, 0.29) is 23.3 Å². The van der Waals surface area contributed by atoms with Crippen molar-refractivity contribution in [3.8, 4) is 0 Å². The Hall–Kier alpha value is -1.56. The normalized spacial score (nSPS) is 11.8. The quantitative estimate of drug-likeness (QED) is 0.854. The first-order valence-electron chi connectivity index (χ1n) is 6.44. The van der Waals surface area contributed by atoms with E-state index in [4.69, 9.17) is 5.11 Å². The number of benzene rings is 1. The van der Waals surface area contributed by atoms with Crippen molar-refractivity contribution in [3.63, 3.8) is 0 Å². The van der Waals surface area contributed by atoms with Crippen molar-refractivity contribution in [2.45, 2.75) is 32.7 Å². The highest BCUT2D eigenvalue weighted by atomic mass is 79.9. The van der Waals surface area contributed by atoms with Gasteiger partial charge in [0, 0.05) is 17.6 Å². The van der Waals surface area contributed by atoms with Crippen LogP contribution >= 0.6 is 15.9 Å². The molecule has 2 N–H and O–H groups in total. The zero-order chi connectivity index (χ0) is 15.3. The molecular formula is C14H19BrN2O3. The summed E-state index contributed by atoms with van der Waals surface area (Å²) in [7, 11) is 1.70. The Labute approximate surface area is 127 Å². The topological polar surface area (TPSA) is 69.6 Å². The van der Waals surface area contributed by atoms with E-state index >= 15 is 0 Å². The summed E-state index contributed by atoms with van der Waals surface area (Å²) in [6.07, 6.45) is 1.87.